The molecule has 3 heterocycles. The fourth-order valence-electron chi connectivity index (χ4n) is 4.57. The molecule has 2 aromatic carbocycles. The van der Waals surface area contributed by atoms with Crippen molar-refractivity contribution < 1.29 is 37.6 Å². The Bertz CT molecular complexity index is 1450. The summed E-state index contributed by atoms with van der Waals surface area (Å²) < 4.78 is 61.2. The molecule has 1 aliphatic rings. The van der Waals surface area contributed by atoms with Crippen molar-refractivity contribution in [3.8, 4) is 22.5 Å². The molecule has 15 heteroatoms. The van der Waals surface area contributed by atoms with E-state index >= 15 is 0 Å². The maximum absolute atomic E-state index is 13.9. The van der Waals surface area contributed by atoms with E-state index in [1.54, 1.807) is 24.3 Å². The molecule has 11 nitrogen and oxygen atoms in total. The topological polar surface area (TPSA) is 130 Å². The van der Waals surface area contributed by atoms with E-state index in [1.165, 1.54) is 28.9 Å². The van der Waals surface area contributed by atoms with Gasteiger partial charge in [-0.15, -0.1) is 10.2 Å². The van der Waals surface area contributed by atoms with Crippen LogP contribution in [0.3, 0.4) is 0 Å². The minimum absolute atomic E-state index is 0.00426. The van der Waals surface area contributed by atoms with E-state index in [0.717, 1.165) is 12.1 Å². The van der Waals surface area contributed by atoms with Crippen LogP contribution in [0.2, 0.25) is 5.02 Å². The molecule has 0 unspecified atom stereocenters. The van der Waals surface area contributed by atoms with Gasteiger partial charge in [0.2, 0.25) is 0 Å². The lowest BCUT2D eigenvalue weighted by molar-refractivity contribution is -0.246. The molecule has 0 radical (unpaired) electrons. The van der Waals surface area contributed by atoms with Gasteiger partial charge in [-0.3, -0.25) is 0 Å². The highest BCUT2D eigenvalue weighted by atomic mass is 35.5. The first kappa shape index (κ1) is 28.1. The van der Waals surface area contributed by atoms with E-state index in [4.69, 9.17) is 25.8 Å². The maximum Gasteiger partial charge on any atom is 0.194 e. The van der Waals surface area contributed by atoms with Crippen molar-refractivity contribution in [1.29, 1.82) is 0 Å². The van der Waals surface area contributed by atoms with Gasteiger partial charge < -0.3 is 24.4 Å². The Morgan fingerprint density at radius 2 is 1.85 bits per heavy atom. The zero-order valence-electron chi connectivity index (χ0n) is 20.9. The summed E-state index contributed by atoms with van der Waals surface area (Å²) >= 11 is 6.19. The maximum atomic E-state index is 13.9. The molecule has 1 aliphatic heterocycles. The molecule has 0 saturated carbocycles. The summed E-state index contributed by atoms with van der Waals surface area (Å²) in [5.41, 5.74) is 1.11. The smallest absolute Gasteiger partial charge is 0.194 e. The summed E-state index contributed by atoms with van der Waals surface area (Å²) in [7, 11) is 1.49. The molecule has 5 rings (SSSR count). The third-order valence-electron chi connectivity index (χ3n) is 6.47. The number of halogens is 4. The summed E-state index contributed by atoms with van der Waals surface area (Å²) in [6.07, 6.45) is -1.73. The molecule has 40 heavy (non-hydrogen) atoms. The number of hydrogen-bond acceptors (Lipinski definition) is 9. The van der Waals surface area contributed by atoms with Crippen LogP contribution < -0.4 is 0 Å². The molecule has 0 bridgehead atoms. The number of hydrogen-bond donors (Lipinski definition) is 2. The predicted molar refractivity (Wildman–Crippen MR) is 133 cm³/mol. The number of nitrogens with zero attached hydrogens (tertiary/aromatic N) is 6. The molecular weight excluding hydrogens is 557 g/mol. The number of aliphatic hydroxyl groups excluding tert-OH is 2. The van der Waals surface area contributed by atoms with E-state index in [1.807, 2.05) is 0 Å². The molecule has 1 fully saturated rings. The summed E-state index contributed by atoms with van der Waals surface area (Å²) in [5, 5.41) is 38.0. The molecular formula is C25H24ClF3N6O5. The van der Waals surface area contributed by atoms with Gasteiger partial charge >= 0.3 is 0 Å². The minimum Gasteiger partial charge on any atom is -0.394 e. The second-order valence-corrected chi connectivity index (χ2v) is 9.41. The lowest BCUT2D eigenvalue weighted by Gasteiger charge is -2.44. The van der Waals surface area contributed by atoms with Gasteiger partial charge in [0.05, 0.1) is 37.9 Å². The van der Waals surface area contributed by atoms with E-state index in [0.29, 0.717) is 16.3 Å². The lowest BCUT2D eigenvalue weighted by atomic mass is 9.95. The number of rotatable bonds is 9. The number of aromatic nitrogens is 6. The first-order valence-electron chi connectivity index (χ1n) is 12.1. The average molecular weight is 581 g/mol. The summed E-state index contributed by atoms with van der Waals surface area (Å²) in [4.78, 5) is 0. The van der Waals surface area contributed by atoms with Crippen LogP contribution in [0.15, 0.2) is 48.8 Å². The Labute approximate surface area is 230 Å². The summed E-state index contributed by atoms with van der Waals surface area (Å²) in [6, 6.07) is 7.50. The Morgan fingerprint density at radius 1 is 1.07 bits per heavy atom. The van der Waals surface area contributed by atoms with Crippen LogP contribution in [0.5, 0.6) is 0 Å². The largest absolute Gasteiger partial charge is 0.394 e. The highest BCUT2D eigenvalue weighted by Crippen LogP contribution is 2.39. The van der Waals surface area contributed by atoms with Gasteiger partial charge in [-0.1, -0.05) is 34.2 Å². The Kier molecular flexibility index (Phi) is 8.44. The van der Waals surface area contributed by atoms with E-state index in [9.17, 15) is 23.4 Å². The van der Waals surface area contributed by atoms with E-state index in [2.05, 4.69) is 20.6 Å². The van der Waals surface area contributed by atoms with Crippen LogP contribution >= 0.6 is 11.6 Å². The Balaban J connectivity index is 1.57. The molecule has 2 aromatic heterocycles. The van der Waals surface area contributed by atoms with Gasteiger partial charge in [0.1, 0.15) is 30.0 Å². The van der Waals surface area contributed by atoms with Gasteiger partial charge in [0.25, 0.3) is 0 Å². The minimum atomic E-state index is -1.61. The average Bonchev–Trinajstić information content (AvgIpc) is 3.62. The van der Waals surface area contributed by atoms with Crippen LogP contribution in [0, 0.1) is 17.5 Å². The van der Waals surface area contributed by atoms with Crippen LogP contribution in [0.1, 0.15) is 12.3 Å². The van der Waals surface area contributed by atoms with Crippen molar-refractivity contribution in [2.24, 2.45) is 0 Å². The monoisotopic (exact) mass is 580 g/mol. The van der Waals surface area contributed by atoms with Gasteiger partial charge in [0.15, 0.2) is 23.7 Å². The normalized spacial score (nSPS) is 23.0. The highest BCUT2D eigenvalue weighted by Gasteiger charge is 2.49. The first-order chi connectivity index (χ1) is 19.3. The molecule has 0 spiro atoms. The third-order valence-corrected chi connectivity index (χ3v) is 6.71. The fourth-order valence-corrected chi connectivity index (χ4v) is 4.76. The van der Waals surface area contributed by atoms with E-state index < -0.39 is 54.6 Å². The molecule has 1 saturated heterocycles. The van der Waals surface area contributed by atoms with Crippen LogP contribution in [0.25, 0.3) is 22.5 Å². The Hall–Kier alpha value is -3.40. The van der Waals surface area contributed by atoms with Gasteiger partial charge in [0, 0.05) is 23.3 Å². The van der Waals surface area contributed by atoms with Crippen LogP contribution in [-0.4, -0.2) is 85.4 Å². The molecule has 0 amide bonds. The fraction of sp³-hybridized carbons (Fsp3) is 0.360. The van der Waals surface area contributed by atoms with Crippen LogP contribution in [-0.2, 0) is 14.2 Å². The Morgan fingerprint density at radius 3 is 2.55 bits per heavy atom. The van der Waals surface area contributed by atoms with Crippen molar-refractivity contribution in [3.63, 3.8) is 0 Å². The molecule has 212 valence electrons. The SMILES string of the molecule is COCCO[C@@H]1[C@@H](n2cc(-c3cc(F)c(F)c(F)c3)nn2)[C@@H](O)[C@@H](CO)O[C@H]1n1nncc1-c1cccc(Cl)c1. The molecule has 0 aliphatic carbocycles. The summed E-state index contributed by atoms with van der Waals surface area (Å²) in [6.45, 7) is -0.300. The summed E-state index contributed by atoms with van der Waals surface area (Å²) in [5.74, 6) is -4.40. The van der Waals surface area contributed by atoms with Gasteiger partial charge in [-0.2, -0.15) is 0 Å². The lowest BCUT2D eigenvalue weighted by Crippen LogP contribution is -2.55. The number of methoxy groups -OCH3 is 1. The zero-order valence-corrected chi connectivity index (χ0v) is 21.7. The number of benzene rings is 2. The van der Waals surface area contributed by atoms with Crippen molar-refractivity contribution in [1.82, 2.24) is 30.0 Å². The van der Waals surface area contributed by atoms with Gasteiger partial charge in [-0.05, 0) is 24.3 Å². The number of ether oxygens (including phenoxy) is 3. The second-order valence-electron chi connectivity index (χ2n) is 8.97. The second kappa shape index (κ2) is 12.0. The molecule has 5 atom stereocenters. The van der Waals surface area contributed by atoms with Crippen molar-refractivity contribution in [2.45, 2.75) is 30.6 Å². The van der Waals surface area contributed by atoms with Crippen molar-refractivity contribution in [3.05, 3.63) is 71.3 Å². The quantitative estimate of drug-likeness (QED) is 0.227. The standard InChI is InChI=1S/C25H24ClF3N6O5/c1-38-5-6-39-24-22(34-11-18(31-33-34)14-8-16(27)21(29)17(28)9-14)23(37)20(12-36)40-25(24)35-19(10-30-32-35)13-3-2-4-15(26)7-13/h2-4,7-11,20,22-25,36-37H,5-6,12H2,1H3/t20-,22+,23+,24-,25-/m1/s1. The zero-order chi connectivity index (χ0) is 28.4. The number of aliphatic hydroxyl groups is 2. The third kappa shape index (κ3) is 5.46. The highest BCUT2D eigenvalue weighted by molar-refractivity contribution is 6.30. The van der Waals surface area contributed by atoms with Crippen molar-refractivity contribution in [2.75, 3.05) is 26.9 Å². The molecule has 2 N–H and O–H groups in total. The van der Waals surface area contributed by atoms with Crippen LogP contribution in [0.4, 0.5) is 13.2 Å². The molecule has 4 aromatic rings. The van der Waals surface area contributed by atoms with Crippen molar-refractivity contribution >= 4 is 11.6 Å². The van der Waals surface area contributed by atoms with E-state index in [-0.39, 0.29) is 24.5 Å². The van der Waals surface area contributed by atoms with Gasteiger partial charge in [-0.25, -0.2) is 22.5 Å². The first-order valence-corrected chi connectivity index (χ1v) is 12.5. The predicted octanol–water partition coefficient (Wildman–Crippen LogP) is 2.80.